The Labute approximate surface area is 154 Å². The topological polar surface area (TPSA) is 78.4 Å². The third-order valence-electron chi connectivity index (χ3n) is 5.31. The van der Waals surface area contributed by atoms with Crippen LogP contribution in [0.15, 0.2) is 18.3 Å². The number of methoxy groups -OCH3 is 1. The molecule has 1 saturated heterocycles. The van der Waals surface area contributed by atoms with E-state index < -0.39 is 0 Å². The molecule has 0 amide bonds. The third kappa shape index (κ3) is 3.41. The fraction of sp³-hybridized carbons (Fsp3) is 0.579. The molecule has 2 N–H and O–H groups in total. The monoisotopic (exact) mass is 357 g/mol. The number of benzene rings is 1. The Bertz CT molecular complexity index is 775. The highest BCUT2D eigenvalue weighted by Gasteiger charge is 2.25. The van der Waals surface area contributed by atoms with Crippen LogP contribution in [0.5, 0.6) is 11.5 Å². The zero-order valence-corrected chi connectivity index (χ0v) is 15.5. The van der Waals surface area contributed by atoms with Crippen LogP contribution >= 0.6 is 0 Å². The molecular weight excluding hydrogens is 330 g/mol. The lowest BCUT2D eigenvalue weighted by Crippen LogP contribution is -2.36. The number of likely N-dealkylation sites (tertiary alicyclic amines) is 1. The van der Waals surface area contributed by atoms with Crippen LogP contribution in [-0.2, 0) is 19.5 Å². The van der Waals surface area contributed by atoms with Gasteiger partial charge in [-0.2, -0.15) is 0 Å². The lowest BCUT2D eigenvalue weighted by molar-refractivity contribution is 0.160. The van der Waals surface area contributed by atoms with Gasteiger partial charge in [0.05, 0.1) is 25.0 Å². The zero-order chi connectivity index (χ0) is 18.1. The molecule has 1 aromatic heterocycles. The largest absolute Gasteiger partial charge is 0.496 e. The molecule has 0 saturated carbocycles. The average molecular weight is 357 g/mol. The number of aromatic nitrogens is 3. The van der Waals surface area contributed by atoms with Crippen molar-refractivity contribution in [2.24, 2.45) is 5.73 Å². The first-order valence-corrected chi connectivity index (χ1v) is 9.36. The van der Waals surface area contributed by atoms with Crippen molar-refractivity contribution in [1.82, 2.24) is 19.9 Å². The lowest BCUT2D eigenvalue weighted by Gasteiger charge is -2.32. The van der Waals surface area contributed by atoms with Crippen LogP contribution in [0.1, 0.15) is 42.6 Å². The average Bonchev–Trinajstić information content (AvgIpc) is 3.26. The first kappa shape index (κ1) is 17.3. The summed E-state index contributed by atoms with van der Waals surface area (Å²) in [6.45, 7) is 5.41. The maximum absolute atomic E-state index is 5.93. The Morgan fingerprint density at radius 2 is 2.27 bits per heavy atom. The minimum atomic E-state index is 0.244. The van der Waals surface area contributed by atoms with Gasteiger partial charge in [-0.3, -0.25) is 4.90 Å². The second-order valence-corrected chi connectivity index (χ2v) is 7.33. The van der Waals surface area contributed by atoms with E-state index in [1.54, 1.807) is 7.11 Å². The molecule has 2 aliphatic heterocycles. The molecule has 1 aromatic carbocycles. The maximum Gasteiger partial charge on any atom is 0.123 e. The molecule has 0 bridgehead atoms. The highest BCUT2D eigenvalue weighted by Crippen LogP contribution is 2.36. The third-order valence-corrected chi connectivity index (χ3v) is 5.31. The summed E-state index contributed by atoms with van der Waals surface area (Å²) in [4.78, 5) is 2.46. The minimum absolute atomic E-state index is 0.244. The van der Waals surface area contributed by atoms with Gasteiger partial charge in [-0.15, -0.1) is 5.10 Å². The summed E-state index contributed by atoms with van der Waals surface area (Å²) in [5.74, 6) is 1.96. The van der Waals surface area contributed by atoms with Crippen molar-refractivity contribution in [3.63, 3.8) is 0 Å². The van der Waals surface area contributed by atoms with Crippen molar-refractivity contribution in [1.29, 1.82) is 0 Å². The molecule has 140 valence electrons. The standard InChI is InChI=1S/C19H27N5O2/c1-13-6-14-7-18(25-2)15(8-19(14)26-13)10-23-5-3-4-17(12-23)24-11-16(9-20)21-22-24/h7-8,11,13,17H,3-6,9-10,12,20H2,1-2H3. The van der Waals surface area contributed by atoms with Gasteiger partial charge in [-0.1, -0.05) is 5.21 Å². The van der Waals surface area contributed by atoms with Crippen LogP contribution in [0.25, 0.3) is 0 Å². The van der Waals surface area contributed by atoms with E-state index in [4.69, 9.17) is 15.2 Å². The number of hydrogen-bond acceptors (Lipinski definition) is 6. The molecule has 3 heterocycles. The molecule has 7 heteroatoms. The molecule has 26 heavy (non-hydrogen) atoms. The van der Waals surface area contributed by atoms with E-state index in [0.29, 0.717) is 12.6 Å². The predicted molar refractivity (Wildman–Crippen MR) is 98.2 cm³/mol. The van der Waals surface area contributed by atoms with Crippen LogP contribution in [0.3, 0.4) is 0 Å². The van der Waals surface area contributed by atoms with E-state index in [1.807, 2.05) is 10.9 Å². The normalized spacial score (nSPS) is 22.9. The quantitative estimate of drug-likeness (QED) is 0.881. The fourth-order valence-electron chi connectivity index (χ4n) is 4.01. The molecule has 7 nitrogen and oxygen atoms in total. The molecule has 1 fully saturated rings. The summed E-state index contributed by atoms with van der Waals surface area (Å²) >= 11 is 0. The van der Waals surface area contributed by atoms with Crippen LogP contribution in [0.2, 0.25) is 0 Å². The number of nitrogens with zero attached hydrogens (tertiary/aromatic N) is 4. The number of piperidine rings is 1. The van der Waals surface area contributed by atoms with Gasteiger partial charge < -0.3 is 15.2 Å². The molecule has 0 radical (unpaired) electrons. The van der Waals surface area contributed by atoms with Crippen molar-refractivity contribution in [3.05, 3.63) is 35.2 Å². The van der Waals surface area contributed by atoms with Gasteiger partial charge >= 0.3 is 0 Å². The summed E-state index contributed by atoms with van der Waals surface area (Å²) in [5.41, 5.74) is 8.92. The summed E-state index contributed by atoms with van der Waals surface area (Å²) in [7, 11) is 1.74. The second kappa shape index (κ2) is 7.25. The number of hydrogen-bond donors (Lipinski definition) is 1. The molecule has 0 spiro atoms. The van der Waals surface area contributed by atoms with E-state index in [9.17, 15) is 0 Å². The Morgan fingerprint density at radius 1 is 1.38 bits per heavy atom. The SMILES string of the molecule is COc1cc2c(cc1CN1CCCC(n3cc(CN)nn3)C1)OC(C)C2. The second-order valence-electron chi connectivity index (χ2n) is 7.33. The van der Waals surface area contributed by atoms with Gasteiger partial charge in [0.15, 0.2) is 0 Å². The highest BCUT2D eigenvalue weighted by atomic mass is 16.5. The van der Waals surface area contributed by atoms with Crippen molar-refractivity contribution >= 4 is 0 Å². The molecular formula is C19H27N5O2. The molecule has 2 aromatic rings. The predicted octanol–water partition coefficient (Wildman–Crippen LogP) is 1.91. The Morgan fingerprint density at radius 3 is 3.04 bits per heavy atom. The van der Waals surface area contributed by atoms with E-state index in [2.05, 4.69) is 34.3 Å². The molecule has 2 unspecified atom stereocenters. The van der Waals surface area contributed by atoms with Crippen LogP contribution < -0.4 is 15.2 Å². The summed E-state index contributed by atoms with van der Waals surface area (Å²) < 4.78 is 13.6. The van der Waals surface area contributed by atoms with Gasteiger partial charge in [0, 0.05) is 37.2 Å². The van der Waals surface area contributed by atoms with Crippen LogP contribution in [0, 0.1) is 0 Å². The first-order valence-electron chi connectivity index (χ1n) is 9.36. The fourth-order valence-corrected chi connectivity index (χ4v) is 4.01. The Kier molecular flexibility index (Phi) is 4.82. The zero-order valence-electron chi connectivity index (χ0n) is 15.5. The summed E-state index contributed by atoms with van der Waals surface area (Å²) in [5, 5.41) is 8.38. The smallest absolute Gasteiger partial charge is 0.123 e. The van der Waals surface area contributed by atoms with Gasteiger partial charge in [0.1, 0.15) is 17.6 Å². The van der Waals surface area contributed by atoms with Gasteiger partial charge in [0.2, 0.25) is 0 Å². The lowest BCUT2D eigenvalue weighted by atomic mass is 10.0. The van der Waals surface area contributed by atoms with E-state index in [0.717, 1.165) is 56.1 Å². The number of rotatable bonds is 5. The molecule has 2 atom stereocenters. The summed E-state index contributed by atoms with van der Waals surface area (Å²) in [6, 6.07) is 4.64. The van der Waals surface area contributed by atoms with Crippen molar-refractivity contribution in [2.45, 2.75) is 51.4 Å². The Hall–Kier alpha value is -2.12. The summed E-state index contributed by atoms with van der Waals surface area (Å²) in [6.07, 6.45) is 5.43. The maximum atomic E-state index is 5.93. The van der Waals surface area contributed by atoms with Crippen molar-refractivity contribution in [2.75, 3.05) is 20.2 Å². The number of nitrogens with two attached hydrogens (primary N) is 1. The van der Waals surface area contributed by atoms with E-state index in [1.165, 1.54) is 11.1 Å². The van der Waals surface area contributed by atoms with E-state index >= 15 is 0 Å². The van der Waals surface area contributed by atoms with Gasteiger partial charge in [-0.25, -0.2) is 4.68 Å². The first-order chi connectivity index (χ1) is 12.7. The van der Waals surface area contributed by atoms with Crippen LogP contribution in [0.4, 0.5) is 0 Å². The molecule has 4 rings (SSSR count). The van der Waals surface area contributed by atoms with Crippen molar-refractivity contribution in [3.8, 4) is 11.5 Å². The number of ether oxygens (including phenoxy) is 2. The molecule has 2 aliphatic rings. The van der Waals surface area contributed by atoms with Gasteiger partial charge in [-0.05, 0) is 38.4 Å². The van der Waals surface area contributed by atoms with E-state index in [-0.39, 0.29) is 6.10 Å². The van der Waals surface area contributed by atoms with Crippen LogP contribution in [-0.4, -0.2) is 46.2 Å². The highest BCUT2D eigenvalue weighted by molar-refractivity contribution is 5.48. The van der Waals surface area contributed by atoms with Crippen molar-refractivity contribution < 1.29 is 9.47 Å². The number of fused-ring (bicyclic) bond motifs is 1. The van der Waals surface area contributed by atoms with Gasteiger partial charge in [0.25, 0.3) is 0 Å². The minimum Gasteiger partial charge on any atom is -0.496 e. The Balaban J connectivity index is 1.49. The molecule has 0 aliphatic carbocycles.